The summed E-state index contributed by atoms with van der Waals surface area (Å²) in [4.78, 5) is 10.7. The average Bonchev–Trinajstić information content (AvgIpc) is 2.05. The van der Waals surface area contributed by atoms with E-state index in [2.05, 4.69) is 0 Å². The van der Waals surface area contributed by atoms with Crippen LogP contribution < -0.4 is 0 Å². The first-order valence-electron chi connectivity index (χ1n) is 5.93. The van der Waals surface area contributed by atoms with Crippen molar-refractivity contribution in [1.82, 2.24) is 0 Å². The maximum absolute atomic E-state index is 10.7. The molecule has 0 unspecified atom stereocenters. The Hall–Kier alpha value is -0.570. The van der Waals surface area contributed by atoms with Gasteiger partial charge >= 0.3 is 5.97 Å². The van der Waals surface area contributed by atoms with E-state index >= 15 is 0 Å². The highest BCUT2D eigenvalue weighted by atomic mass is 16.4. The minimum absolute atomic E-state index is 0.571. The molecule has 0 aromatic heterocycles. The average molecular weight is 212 g/mol. The van der Waals surface area contributed by atoms with E-state index in [0.29, 0.717) is 17.8 Å². The van der Waals surface area contributed by atoms with Crippen LogP contribution in [0.3, 0.4) is 0 Å². The number of hydrogen-bond donors (Lipinski definition) is 2. The van der Waals surface area contributed by atoms with Crippen molar-refractivity contribution >= 4 is 5.97 Å². The lowest BCUT2D eigenvalue weighted by molar-refractivity contribution is -0.146. The third-order valence-corrected chi connectivity index (χ3v) is 4.40. The molecule has 2 fully saturated rings. The molecule has 0 amide bonds. The second kappa shape index (κ2) is 3.78. The molecule has 0 aliphatic heterocycles. The minimum Gasteiger partial charge on any atom is -0.481 e. The zero-order valence-corrected chi connectivity index (χ0v) is 9.28. The first-order chi connectivity index (χ1) is 7.02. The third-order valence-electron chi connectivity index (χ3n) is 4.40. The first kappa shape index (κ1) is 10.9. The van der Waals surface area contributed by atoms with E-state index in [4.69, 9.17) is 5.11 Å². The molecular formula is C12H20O3. The van der Waals surface area contributed by atoms with Crippen molar-refractivity contribution < 1.29 is 15.0 Å². The van der Waals surface area contributed by atoms with Crippen LogP contribution in [0.15, 0.2) is 0 Å². The number of carboxylic acid groups (broad SMARTS) is 1. The largest absolute Gasteiger partial charge is 0.481 e. The van der Waals surface area contributed by atoms with E-state index < -0.39 is 18.0 Å². The normalized spacial score (nSPS) is 27.9. The molecule has 2 atom stereocenters. The highest BCUT2D eigenvalue weighted by Crippen LogP contribution is 2.59. The van der Waals surface area contributed by atoms with Crippen LogP contribution >= 0.6 is 0 Å². The second-order valence-electron chi connectivity index (χ2n) is 5.56. The number of hydrogen-bond acceptors (Lipinski definition) is 2. The maximum atomic E-state index is 10.7. The maximum Gasteiger partial charge on any atom is 0.308 e. The van der Waals surface area contributed by atoms with E-state index in [1.54, 1.807) is 6.92 Å². The van der Waals surface area contributed by atoms with Gasteiger partial charge in [0.15, 0.2) is 0 Å². The van der Waals surface area contributed by atoms with Crippen LogP contribution in [-0.4, -0.2) is 22.3 Å². The predicted octanol–water partition coefficient (Wildman–Crippen LogP) is 2.04. The molecule has 0 aromatic rings. The summed E-state index contributed by atoms with van der Waals surface area (Å²) in [6.07, 6.45) is 6.52. The van der Waals surface area contributed by atoms with Crippen LogP contribution in [0.1, 0.15) is 45.4 Å². The van der Waals surface area contributed by atoms with Gasteiger partial charge in [0.2, 0.25) is 0 Å². The van der Waals surface area contributed by atoms with Crippen molar-refractivity contribution in [1.29, 1.82) is 0 Å². The van der Waals surface area contributed by atoms with Gasteiger partial charge < -0.3 is 10.2 Å². The quantitative estimate of drug-likeness (QED) is 0.749. The summed E-state index contributed by atoms with van der Waals surface area (Å²) in [5, 5.41) is 18.5. The molecular weight excluding hydrogens is 192 g/mol. The van der Waals surface area contributed by atoms with Gasteiger partial charge in [0, 0.05) is 0 Å². The van der Waals surface area contributed by atoms with E-state index in [-0.39, 0.29) is 0 Å². The number of carboxylic acids is 1. The Labute approximate surface area is 90.5 Å². The molecule has 2 rings (SSSR count). The molecule has 15 heavy (non-hydrogen) atoms. The van der Waals surface area contributed by atoms with E-state index in [1.807, 2.05) is 0 Å². The molecule has 0 aromatic carbocycles. The van der Waals surface area contributed by atoms with Crippen LogP contribution in [0, 0.1) is 17.3 Å². The molecule has 0 radical (unpaired) electrons. The number of rotatable bonds is 4. The van der Waals surface area contributed by atoms with E-state index in [9.17, 15) is 9.90 Å². The van der Waals surface area contributed by atoms with Crippen LogP contribution in [-0.2, 0) is 4.79 Å². The number of carbonyl (C=O) groups is 1. The smallest absolute Gasteiger partial charge is 0.308 e. The molecule has 2 aliphatic carbocycles. The number of aliphatic hydroxyl groups is 1. The lowest BCUT2D eigenvalue weighted by Gasteiger charge is -2.55. The summed E-state index contributed by atoms with van der Waals surface area (Å²) < 4.78 is 0. The first-order valence-corrected chi connectivity index (χ1v) is 5.93. The number of aliphatic hydroxyl groups excluding tert-OH is 1. The molecule has 0 bridgehead atoms. The minimum atomic E-state index is -0.889. The van der Waals surface area contributed by atoms with E-state index in [0.717, 1.165) is 0 Å². The van der Waals surface area contributed by atoms with Crippen molar-refractivity contribution in [2.75, 3.05) is 0 Å². The van der Waals surface area contributed by atoms with Crippen LogP contribution in [0.2, 0.25) is 0 Å². The monoisotopic (exact) mass is 212 g/mol. The van der Waals surface area contributed by atoms with E-state index in [1.165, 1.54) is 32.1 Å². The Morgan fingerprint density at radius 3 is 2.47 bits per heavy atom. The molecule has 3 heteroatoms. The molecule has 2 N–H and O–H groups in total. The van der Waals surface area contributed by atoms with Crippen molar-refractivity contribution in [3.8, 4) is 0 Å². The standard InChI is InChI=1S/C12H20O3/c1-8(11(14)15)10(13)5-9-6-12(7-9)3-2-4-12/h8-10,13H,2-7H2,1H3,(H,14,15)/t8-,10-/m1/s1. The fraction of sp³-hybridized carbons (Fsp3) is 0.917. The molecule has 1 spiro atoms. The van der Waals surface area contributed by atoms with Crippen molar-refractivity contribution in [2.24, 2.45) is 17.3 Å². The Kier molecular flexibility index (Phi) is 2.75. The zero-order chi connectivity index (χ0) is 11.1. The van der Waals surface area contributed by atoms with Gasteiger partial charge in [0.1, 0.15) is 0 Å². The second-order valence-corrected chi connectivity index (χ2v) is 5.56. The summed E-state index contributed by atoms with van der Waals surface area (Å²) in [5.41, 5.74) is 0.622. The molecule has 2 saturated carbocycles. The lowest BCUT2D eigenvalue weighted by Crippen LogP contribution is -2.44. The molecule has 0 saturated heterocycles. The van der Waals surface area contributed by atoms with Crippen molar-refractivity contribution in [2.45, 2.75) is 51.6 Å². The third kappa shape index (κ3) is 2.03. The van der Waals surface area contributed by atoms with Crippen LogP contribution in [0.4, 0.5) is 0 Å². The van der Waals surface area contributed by atoms with Crippen molar-refractivity contribution in [3.05, 3.63) is 0 Å². The fourth-order valence-electron chi connectivity index (χ4n) is 3.13. The lowest BCUT2D eigenvalue weighted by atomic mass is 9.51. The van der Waals surface area contributed by atoms with Gasteiger partial charge in [-0.3, -0.25) is 4.79 Å². The zero-order valence-electron chi connectivity index (χ0n) is 9.28. The summed E-state index contributed by atoms with van der Waals surface area (Å²) in [6.45, 7) is 1.59. The topological polar surface area (TPSA) is 57.5 Å². The molecule has 0 heterocycles. The Morgan fingerprint density at radius 2 is 2.07 bits per heavy atom. The Balaban J connectivity index is 1.72. The summed E-state index contributed by atoms with van der Waals surface area (Å²) >= 11 is 0. The van der Waals surface area contributed by atoms with Gasteiger partial charge in [-0.2, -0.15) is 0 Å². The highest BCUT2D eigenvalue weighted by molar-refractivity contribution is 5.70. The fourth-order valence-corrected chi connectivity index (χ4v) is 3.13. The van der Waals surface area contributed by atoms with Gasteiger partial charge in [-0.05, 0) is 50.4 Å². The van der Waals surface area contributed by atoms with Crippen LogP contribution in [0.5, 0.6) is 0 Å². The van der Waals surface area contributed by atoms with Gasteiger partial charge in [0.05, 0.1) is 12.0 Å². The molecule has 3 nitrogen and oxygen atoms in total. The van der Waals surface area contributed by atoms with Crippen molar-refractivity contribution in [3.63, 3.8) is 0 Å². The van der Waals surface area contributed by atoms with Gasteiger partial charge in [-0.1, -0.05) is 6.42 Å². The Morgan fingerprint density at radius 1 is 1.47 bits per heavy atom. The van der Waals surface area contributed by atoms with Gasteiger partial charge in [-0.25, -0.2) is 0 Å². The highest BCUT2D eigenvalue weighted by Gasteiger charge is 2.48. The Bertz CT molecular complexity index is 250. The number of aliphatic carboxylic acids is 1. The van der Waals surface area contributed by atoms with Gasteiger partial charge in [-0.15, -0.1) is 0 Å². The summed E-state index contributed by atoms with van der Waals surface area (Å²) in [6, 6.07) is 0. The molecule has 2 aliphatic rings. The van der Waals surface area contributed by atoms with Gasteiger partial charge in [0.25, 0.3) is 0 Å². The molecule has 86 valence electrons. The summed E-state index contributed by atoms with van der Waals surface area (Å²) in [7, 11) is 0. The summed E-state index contributed by atoms with van der Waals surface area (Å²) in [5.74, 6) is -0.940. The van der Waals surface area contributed by atoms with Crippen LogP contribution in [0.25, 0.3) is 0 Å². The predicted molar refractivity (Wildman–Crippen MR) is 56.4 cm³/mol. The SMILES string of the molecule is C[C@@H](C(=O)O)[C@H](O)CC1CC2(CCC2)C1.